The molecular weight excluding hydrogens is 457 g/mol. The summed E-state index contributed by atoms with van der Waals surface area (Å²) in [4.78, 5) is 14.6. The van der Waals surface area contributed by atoms with Gasteiger partial charge in [0.2, 0.25) is 0 Å². The van der Waals surface area contributed by atoms with Crippen molar-refractivity contribution in [1.29, 1.82) is 0 Å². The summed E-state index contributed by atoms with van der Waals surface area (Å²) >= 11 is 1.78. The Kier molecular flexibility index (Phi) is 8.24. The lowest BCUT2D eigenvalue weighted by atomic mass is 10.1. The third-order valence-electron chi connectivity index (χ3n) is 3.97. The van der Waals surface area contributed by atoms with Crippen LogP contribution in [0.1, 0.15) is 22.4 Å². The summed E-state index contributed by atoms with van der Waals surface area (Å²) in [7, 11) is 1.79. The normalized spacial score (nSPS) is 11.2. The van der Waals surface area contributed by atoms with Crippen LogP contribution in [0, 0.1) is 0 Å². The Bertz CT molecular complexity index is 857. The number of hydrogen-bond acceptors (Lipinski definition) is 4. The van der Waals surface area contributed by atoms with Gasteiger partial charge in [0.05, 0.1) is 10.5 Å². The number of rotatable bonds is 6. The molecule has 0 spiro atoms. The quantitative estimate of drug-likeness (QED) is 0.320. The number of thiazole rings is 1. The van der Waals surface area contributed by atoms with E-state index in [1.165, 1.54) is 4.88 Å². The minimum Gasteiger partial charge on any atom is -0.356 e. The van der Waals surface area contributed by atoms with Gasteiger partial charge in [-0.3, -0.25) is 9.98 Å². The van der Waals surface area contributed by atoms with Crippen LogP contribution in [-0.2, 0) is 19.4 Å². The lowest BCUT2D eigenvalue weighted by Gasteiger charge is -2.12. The SMILES string of the molecule is CCc1cnc(CCNC(=NC)NCc2cccc3cccnc23)s1.I. The van der Waals surface area contributed by atoms with Gasteiger partial charge in [-0.2, -0.15) is 0 Å². The second-order valence-corrected chi connectivity index (χ2v) is 6.87. The van der Waals surface area contributed by atoms with Crippen LogP contribution in [0.15, 0.2) is 47.7 Å². The molecule has 2 N–H and O–H groups in total. The molecule has 3 aromatic rings. The van der Waals surface area contributed by atoms with Crippen molar-refractivity contribution in [1.82, 2.24) is 20.6 Å². The van der Waals surface area contributed by atoms with Gasteiger partial charge < -0.3 is 10.6 Å². The van der Waals surface area contributed by atoms with Crippen LogP contribution in [-0.4, -0.2) is 29.5 Å². The van der Waals surface area contributed by atoms with Crippen LogP contribution in [0.25, 0.3) is 10.9 Å². The number of aryl methyl sites for hydroxylation is 1. The molecule has 0 aliphatic carbocycles. The number of aliphatic imine (C=N–C) groups is 1. The van der Waals surface area contributed by atoms with Crippen molar-refractivity contribution in [2.24, 2.45) is 4.99 Å². The van der Waals surface area contributed by atoms with Crippen LogP contribution < -0.4 is 10.6 Å². The highest BCUT2D eigenvalue weighted by molar-refractivity contribution is 14.0. The molecule has 0 unspecified atom stereocenters. The van der Waals surface area contributed by atoms with Crippen molar-refractivity contribution >= 4 is 52.2 Å². The average Bonchev–Trinajstić information content (AvgIpc) is 3.12. The van der Waals surface area contributed by atoms with Crippen LogP contribution in [0.4, 0.5) is 0 Å². The number of pyridine rings is 1. The number of halogens is 1. The molecule has 0 bridgehead atoms. The van der Waals surface area contributed by atoms with Gasteiger partial charge in [0.1, 0.15) is 0 Å². The number of guanidine groups is 1. The van der Waals surface area contributed by atoms with Crippen molar-refractivity contribution in [3.63, 3.8) is 0 Å². The summed E-state index contributed by atoms with van der Waals surface area (Å²) in [5, 5.41) is 9.03. The van der Waals surface area contributed by atoms with Crippen LogP contribution >= 0.6 is 35.3 Å². The van der Waals surface area contributed by atoms with E-state index >= 15 is 0 Å². The summed E-state index contributed by atoms with van der Waals surface area (Å²) in [5.74, 6) is 0.792. The zero-order chi connectivity index (χ0) is 17.5. The predicted octanol–water partition coefficient (Wildman–Crippen LogP) is 3.78. The Labute approximate surface area is 175 Å². The van der Waals surface area contributed by atoms with Crippen LogP contribution in [0.3, 0.4) is 0 Å². The second-order valence-electron chi connectivity index (χ2n) is 5.67. The Balaban J connectivity index is 0.00000243. The van der Waals surface area contributed by atoms with E-state index in [0.29, 0.717) is 6.54 Å². The summed E-state index contributed by atoms with van der Waals surface area (Å²) in [5.41, 5.74) is 2.19. The minimum absolute atomic E-state index is 0. The lowest BCUT2D eigenvalue weighted by Crippen LogP contribution is -2.37. The maximum atomic E-state index is 4.49. The molecule has 26 heavy (non-hydrogen) atoms. The Morgan fingerprint density at radius 3 is 2.77 bits per heavy atom. The van der Waals surface area contributed by atoms with Crippen LogP contribution in [0.2, 0.25) is 0 Å². The molecule has 0 aliphatic rings. The fourth-order valence-corrected chi connectivity index (χ4v) is 3.49. The van der Waals surface area contributed by atoms with Crippen molar-refractivity contribution in [2.75, 3.05) is 13.6 Å². The molecule has 1 aromatic carbocycles. The molecular formula is C19H24IN5S. The number of aromatic nitrogens is 2. The van der Waals surface area contributed by atoms with E-state index in [-0.39, 0.29) is 24.0 Å². The van der Waals surface area contributed by atoms with E-state index in [1.807, 2.05) is 18.5 Å². The molecule has 0 amide bonds. The van der Waals surface area contributed by atoms with Gasteiger partial charge in [0, 0.05) is 49.2 Å². The monoisotopic (exact) mass is 481 g/mol. The molecule has 0 saturated heterocycles. The maximum absolute atomic E-state index is 4.49. The van der Waals surface area contributed by atoms with Gasteiger partial charge in [-0.1, -0.05) is 31.2 Å². The molecule has 0 aliphatic heterocycles. The summed E-state index contributed by atoms with van der Waals surface area (Å²) in [6, 6.07) is 10.3. The minimum atomic E-state index is 0. The second kappa shape index (κ2) is 10.4. The smallest absolute Gasteiger partial charge is 0.191 e. The van der Waals surface area contributed by atoms with Gasteiger partial charge in [0.25, 0.3) is 0 Å². The number of para-hydroxylation sites is 1. The zero-order valence-corrected chi connectivity index (χ0v) is 18.2. The van der Waals surface area contributed by atoms with Crippen molar-refractivity contribution in [3.05, 3.63) is 58.2 Å². The molecule has 0 atom stereocenters. The van der Waals surface area contributed by atoms with Crippen molar-refractivity contribution < 1.29 is 0 Å². The Hall–Kier alpha value is -1.74. The highest BCUT2D eigenvalue weighted by Crippen LogP contribution is 2.15. The Morgan fingerprint density at radius 2 is 2.00 bits per heavy atom. The van der Waals surface area contributed by atoms with Gasteiger partial charge in [-0.05, 0) is 18.1 Å². The molecule has 2 heterocycles. The number of nitrogens with zero attached hydrogens (tertiary/aromatic N) is 3. The summed E-state index contributed by atoms with van der Waals surface area (Å²) in [6.07, 6.45) is 5.76. The highest BCUT2D eigenvalue weighted by atomic mass is 127. The zero-order valence-electron chi connectivity index (χ0n) is 15.0. The molecule has 5 nitrogen and oxygen atoms in total. The van der Waals surface area contributed by atoms with Crippen molar-refractivity contribution in [3.8, 4) is 0 Å². The molecule has 0 fully saturated rings. The largest absolute Gasteiger partial charge is 0.356 e. The van der Waals surface area contributed by atoms with E-state index < -0.39 is 0 Å². The first kappa shape index (κ1) is 20.6. The Morgan fingerprint density at radius 1 is 1.15 bits per heavy atom. The third kappa shape index (κ3) is 5.38. The standard InChI is InChI=1S/C19H23N5S.HI/c1-3-16-13-23-17(25-16)9-11-22-19(20-2)24-12-15-7-4-6-14-8-5-10-21-18(14)15;/h4-8,10,13H,3,9,11-12H2,1-2H3,(H2,20,22,24);1H. The summed E-state index contributed by atoms with van der Waals surface area (Å²) in [6.45, 7) is 3.65. The van der Waals surface area contributed by atoms with E-state index in [0.717, 1.165) is 46.8 Å². The maximum Gasteiger partial charge on any atom is 0.191 e. The first-order valence-electron chi connectivity index (χ1n) is 8.51. The first-order valence-corrected chi connectivity index (χ1v) is 9.32. The van der Waals surface area contributed by atoms with Gasteiger partial charge in [0.15, 0.2) is 5.96 Å². The molecule has 7 heteroatoms. The lowest BCUT2D eigenvalue weighted by molar-refractivity contribution is 0.793. The molecule has 138 valence electrons. The highest BCUT2D eigenvalue weighted by Gasteiger charge is 2.04. The summed E-state index contributed by atoms with van der Waals surface area (Å²) < 4.78 is 0. The van der Waals surface area contributed by atoms with E-state index in [4.69, 9.17) is 0 Å². The van der Waals surface area contributed by atoms with Gasteiger partial charge >= 0.3 is 0 Å². The molecule has 3 rings (SSSR count). The first-order chi connectivity index (χ1) is 12.3. The van der Waals surface area contributed by atoms with E-state index in [2.05, 4.69) is 56.8 Å². The number of hydrogen-bond donors (Lipinski definition) is 2. The number of nitrogens with one attached hydrogen (secondary N) is 2. The molecule has 0 radical (unpaired) electrons. The number of fused-ring (bicyclic) bond motifs is 1. The van der Waals surface area contributed by atoms with Gasteiger partial charge in [-0.25, -0.2) is 4.98 Å². The van der Waals surface area contributed by atoms with E-state index in [1.54, 1.807) is 18.4 Å². The topological polar surface area (TPSA) is 62.2 Å². The number of benzene rings is 1. The average molecular weight is 481 g/mol. The predicted molar refractivity (Wildman–Crippen MR) is 121 cm³/mol. The van der Waals surface area contributed by atoms with Crippen LogP contribution in [0.5, 0.6) is 0 Å². The molecule has 2 aromatic heterocycles. The third-order valence-corrected chi connectivity index (χ3v) is 5.17. The van der Waals surface area contributed by atoms with E-state index in [9.17, 15) is 0 Å². The fourth-order valence-electron chi connectivity index (χ4n) is 2.62. The fraction of sp³-hybridized carbons (Fsp3) is 0.316. The van der Waals surface area contributed by atoms with Gasteiger partial charge in [-0.15, -0.1) is 35.3 Å². The molecule has 0 saturated carbocycles. The van der Waals surface area contributed by atoms with Crippen molar-refractivity contribution in [2.45, 2.75) is 26.3 Å².